The monoisotopic (exact) mass is 258 g/mol. The van der Waals surface area contributed by atoms with Crippen LogP contribution in [-0.2, 0) is 9.59 Å². The highest BCUT2D eigenvalue weighted by Crippen LogP contribution is 1.88. The van der Waals surface area contributed by atoms with E-state index >= 15 is 0 Å². The lowest BCUT2D eigenvalue weighted by atomic mass is 10.5. The predicted octanol–water partition coefficient (Wildman–Crippen LogP) is -2.61. The summed E-state index contributed by atoms with van der Waals surface area (Å²) in [4.78, 5) is 59.2. The number of hydrogen-bond acceptors (Lipinski definition) is 5. The van der Waals surface area contributed by atoms with E-state index in [9.17, 15) is 14.4 Å². The van der Waals surface area contributed by atoms with E-state index in [1.165, 1.54) is 0 Å². The number of fused-ring (bicyclic) bond motifs is 1. The summed E-state index contributed by atoms with van der Waals surface area (Å²) < 4.78 is 0. The normalized spacial score (nSPS) is 9.56. The maximum absolute atomic E-state index is 10.9. The van der Waals surface area contributed by atoms with Gasteiger partial charge >= 0.3 is 23.3 Å². The van der Waals surface area contributed by atoms with Crippen LogP contribution >= 0.6 is 0 Å². The smallest absolute Gasteiger partial charge is 0.414 e. The van der Waals surface area contributed by atoms with Crippen molar-refractivity contribution in [2.45, 2.75) is 0 Å². The molecule has 0 aliphatic rings. The van der Waals surface area contributed by atoms with Gasteiger partial charge in [0.05, 0.1) is 0 Å². The van der Waals surface area contributed by atoms with E-state index < -0.39 is 28.9 Å². The Morgan fingerprint density at radius 2 is 1.22 bits per heavy atom. The van der Waals surface area contributed by atoms with Crippen LogP contribution in [-0.4, -0.2) is 42.1 Å². The second kappa shape index (κ2) is 4.82. The number of carboxylic acids is 2. The number of carboxylic acid groups (broad SMARTS) is 2. The Kier molecular flexibility index (Phi) is 3.47. The Labute approximate surface area is 95.1 Å². The lowest BCUT2D eigenvalue weighted by molar-refractivity contribution is -0.159. The molecule has 0 spiro atoms. The van der Waals surface area contributed by atoms with E-state index in [4.69, 9.17) is 19.8 Å². The molecule has 0 aliphatic heterocycles. The fourth-order valence-corrected chi connectivity index (χ4v) is 0.958. The molecule has 2 rings (SSSR count). The summed E-state index contributed by atoms with van der Waals surface area (Å²) in [6.45, 7) is 0. The molecule has 2 heterocycles. The van der Waals surface area contributed by atoms with Crippen molar-refractivity contribution in [2.24, 2.45) is 0 Å². The second-order valence-electron chi connectivity index (χ2n) is 2.85. The molecule has 0 saturated carbocycles. The number of rotatable bonds is 0. The first-order chi connectivity index (χ1) is 8.31. The topological polar surface area (TPSA) is 189 Å². The molecule has 0 saturated heterocycles. The Balaban J connectivity index is 0.000000232. The molecule has 0 bridgehead atoms. The van der Waals surface area contributed by atoms with Crippen molar-refractivity contribution >= 4 is 23.1 Å². The molecule has 18 heavy (non-hydrogen) atoms. The van der Waals surface area contributed by atoms with Gasteiger partial charge in [0.1, 0.15) is 11.2 Å². The maximum atomic E-state index is 10.9. The van der Waals surface area contributed by atoms with Crippen LogP contribution in [0.4, 0.5) is 0 Å². The minimum atomic E-state index is -1.82. The molecule has 0 atom stereocenters. The van der Waals surface area contributed by atoms with Crippen molar-refractivity contribution in [1.82, 2.24) is 19.9 Å². The summed E-state index contributed by atoms with van der Waals surface area (Å²) in [5, 5.41) is 14.8. The van der Waals surface area contributed by atoms with Gasteiger partial charge in [0.25, 0.3) is 5.56 Å². The van der Waals surface area contributed by atoms with Gasteiger partial charge in [0.15, 0.2) is 0 Å². The lowest BCUT2D eigenvalue weighted by Crippen LogP contribution is -2.21. The third-order valence-electron chi connectivity index (χ3n) is 1.60. The first kappa shape index (κ1) is 13.0. The highest BCUT2D eigenvalue weighted by molar-refractivity contribution is 6.27. The van der Waals surface area contributed by atoms with Gasteiger partial charge in [-0.1, -0.05) is 0 Å². The Bertz CT molecular complexity index is 748. The first-order valence-electron chi connectivity index (χ1n) is 4.22. The molecule has 0 amide bonds. The average molecular weight is 258 g/mol. The number of aromatic nitrogens is 4. The molecule has 0 aromatic carbocycles. The summed E-state index contributed by atoms with van der Waals surface area (Å²) >= 11 is 0. The van der Waals surface area contributed by atoms with Gasteiger partial charge in [-0.05, 0) is 0 Å². The van der Waals surface area contributed by atoms with E-state index in [0.717, 1.165) is 0 Å². The molecule has 0 radical (unpaired) electrons. The van der Waals surface area contributed by atoms with Crippen molar-refractivity contribution < 1.29 is 19.8 Å². The molecular weight excluding hydrogens is 252 g/mol. The highest BCUT2D eigenvalue weighted by atomic mass is 16.4. The molecule has 0 fully saturated rings. The minimum Gasteiger partial charge on any atom is -0.473 e. The number of H-pyrrole nitrogens is 4. The fraction of sp³-hybridized carbons (Fsp3) is 0. The Morgan fingerprint density at radius 3 is 1.67 bits per heavy atom. The SMILES string of the molecule is O=C(O)C(=O)O.O=c1[nH]c(=O)c2[nH]c(=O)[nH]c2[nH]1. The third-order valence-corrected chi connectivity index (χ3v) is 1.60. The Morgan fingerprint density at radius 1 is 0.778 bits per heavy atom. The first-order valence-corrected chi connectivity index (χ1v) is 4.22. The van der Waals surface area contributed by atoms with E-state index in [2.05, 4.69) is 15.0 Å². The van der Waals surface area contributed by atoms with Crippen LogP contribution in [0.3, 0.4) is 0 Å². The van der Waals surface area contributed by atoms with E-state index in [0.29, 0.717) is 0 Å². The van der Waals surface area contributed by atoms with Crippen LogP contribution < -0.4 is 16.9 Å². The predicted molar refractivity (Wildman–Crippen MR) is 55.4 cm³/mol. The Hall–Kier alpha value is -3.11. The van der Waals surface area contributed by atoms with Crippen molar-refractivity contribution in [3.63, 3.8) is 0 Å². The van der Waals surface area contributed by atoms with E-state index in [1.54, 1.807) is 0 Å². The number of nitrogens with one attached hydrogen (secondary N) is 4. The number of imidazole rings is 1. The summed E-state index contributed by atoms with van der Waals surface area (Å²) in [7, 11) is 0. The quantitative estimate of drug-likeness (QED) is 0.279. The number of hydrogen-bond donors (Lipinski definition) is 6. The standard InChI is InChI=1S/C5H4N4O3.C2H2O4/c10-3-1-2(7-4(11)6-1)8-5(12)9-3;3-1(4)2(5)6/h(H4,6,7,8,9,10,11,12);(H,3,4)(H,5,6). The van der Waals surface area contributed by atoms with Crippen molar-refractivity contribution in [1.29, 1.82) is 0 Å². The molecule has 6 N–H and O–H groups in total. The molecule has 96 valence electrons. The van der Waals surface area contributed by atoms with Gasteiger partial charge in [-0.15, -0.1) is 0 Å². The second-order valence-corrected chi connectivity index (χ2v) is 2.85. The molecule has 11 nitrogen and oxygen atoms in total. The van der Waals surface area contributed by atoms with Gasteiger partial charge in [-0.3, -0.25) is 24.7 Å². The minimum absolute atomic E-state index is 0.0413. The van der Waals surface area contributed by atoms with Crippen LogP contribution in [0, 0.1) is 0 Å². The van der Waals surface area contributed by atoms with Gasteiger partial charge in [-0.25, -0.2) is 19.2 Å². The lowest BCUT2D eigenvalue weighted by Gasteiger charge is -1.83. The van der Waals surface area contributed by atoms with Crippen LogP contribution in [0.25, 0.3) is 11.2 Å². The zero-order chi connectivity index (χ0) is 13.9. The fourth-order valence-electron chi connectivity index (χ4n) is 0.958. The van der Waals surface area contributed by atoms with Gasteiger partial charge < -0.3 is 10.2 Å². The molecular formula is C7H6N4O7. The average Bonchev–Trinajstić information content (AvgIpc) is 2.59. The highest BCUT2D eigenvalue weighted by Gasteiger charge is 2.04. The van der Waals surface area contributed by atoms with Gasteiger partial charge in [0.2, 0.25) is 0 Å². The van der Waals surface area contributed by atoms with Crippen LogP contribution in [0.15, 0.2) is 14.4 Å². The van der Waals surface area contributed by atoms with Crippen molar-refractivity contribution in [3.05, 3.63) is 31.3 Å². The van der Waals surface area contributed by atoms with Crippen LogP contribution in [0.2, 0.25) is 0 Å². The van der Waals surface area contributed by atoms with Crippen LogP contribution in [0.5, 0.6) is 0 Å². The molecule has 2 aromatic rings. The van der Waals surface area contributed by atoms with Crippen LogP contribution in [0.1, 0.15) is 0 Å². The summed E-state index contributed by atoms with van der Waals surface area (Å²) in [5.74, 6) is -3.65. The number of aliphatic carboxylic acids is 2. The largest absolute Gasteiger partial charge is 0.473 e. The summed E-state index contributed by atoms with van der Waals surface area (Å²) in [6, 6.07) is 0. The van der Waals surface area contributed by atoms with Gasteiger partial charge in [0, 0.05) is 0 Å². The molecule has 11 heteroatoms. The van der Waals surface area contributed by atoms with Crippen molar-refractivity contribution in [3.8, 4) is 0 Å². The summed E-state index contributed by atoms with van der Waals surface area (Å²) in [6.07, 6.45) is 0. The third kappa shape index (κ3) is 2.94. The van der Waals surface area contributed by atoms with Crippen molar-refractivity contribution in [2.75, 3.05) is 0 Å². The number of carbonyl (C=O) groups is 2. The van der Waals surface area contributed by atoms with E-state index in [1.807, 2.05) is 4.98 Å². The summed E-state index contributed by atoms with van der Waals surface area (Å²) in [5.41, 5.74) is -1.65. The number of aromatic amines is 4. The zero-order valence-corrected chi connectivity index (χ0v) is 8.44. The van der Waals surface area contributed by atoms with E-state index in [-0.39, 0.29) is 11.2 Å². The molecule has 2 aromatic heterocycles. The molecule has 0 aliphatic carbocycles. The van der Waals surface area contributed by atoms with Gasteiger partial charge in [-0.2, -0.15) is 0 Å². The zero-order valence-electron chi connectivity index (χ0n) is 8.44. The maximum Gasteiger partial charge on any atom is 0.414 e. The molecule has 0 unspecified atom stereocenters.